The van der Waals surface area contributed by atoms with E-state index < -0.39 is 17.7 Å². The highest BCUT2D eigenvalue weighted by Gasteiger charge is 2.31. The van der Waals surface area contributed by atoms with Crippen LogP contribution in [0.3, 0.4) is 0 Å². The van der Waals surface area contributed by atoms with E-state index in [2.05, 4.69) is 13.8 Å². The lowest BCUT2D eigenvalue weighted by atomic mass is 10.1. The summed E-state index contributed by atoms with van der Waals surface area (Å²) in [7, 11) is 0. The molecule has 0 radical (unpaired) electrons. The largest absolute Gasteiger partial charge is 0.481 e. The van der Waals surface area contributed by atoms with Crippen LogP contribution in [0.5, 0.6) is 0 Å². The van der Waals surface area contributed by atoms with E-state index in [4.69, 9.17) is 14.6 Å². The minimum atomic E-state index is -0.861. The van der Waals surface area contributed by atoms with E-state index in [9.17, 15) is 4.79 Å². The van der Waals surface area contributed by atoms with E-state index in [0.717, 1.165) is 0 Å². The van der Waals surface area contributed by atoms with Gasteiger partial charge in [0.25, 0.3) is 0 Å². The van der Waals surface area contributed by atoms with Crippen molar-refractivity contribution in [2.75, 3.05) is 13.2 Å². The van der Waals surface area contributed by atoms with Crippen molar-refractivity contribution in [2.24, 2.45) is 5.92 Å². The van der Waals surface area contributed by atoms with Gasteiger partial charge in [-0.3, -0.25) is 4.79 Å². The Hall–Kier alpha value is -0.610. The van der Waals surface area contributed by atoms with Crippen LogP contribution in [0.15, 0.2) is 0 Å². The van der Waals surface area contributed by atoms with Crippen LogP contribution in [0.1, 0.15) is 40.5 Å². The van der Waals surface area contributed by atoms with E-state index in [1.165, 1.54) is 12.8 Å². The Morgan fingerprint density at radius 3 is 1.93 bits per heavy atom. The second-order valence-corrected chi connectivity index (χ2v) is 4.06. The van der Waals surface area contributed by atoms with Crippen molar-refractivity contribution >= 4 is 5.97 Å². The van der Waals surface area contributed by atoms with Gasteiger partial charge in [0.05, 0.1) is 13.2 Å². The fourth-order valence-corrected chi connectivity index (χ4v) is 0.835. The van der Waals surface area contributed by atoms with E-state index in [1.54, 1.807) is 13.8 Å². The van der Waals surface area contributed by atoms with Crippen molar-refractivity contribution in [1.82, 2.24) is 0 Å². The standard InChI is InChI=1S/C7H12O4.C4H10/c1-7(2)10-3-5(4-11-7)6(8)9;1-3-4-2/h5H,3-4H2,1-2H3,(H,8,9);3-4H2,1-2H3. The zero-order valence-electron chi connectivity index (χ0n) is 10.1. The van der Waals surface area contributed by atoms with Gasteiger partial charge < -0.3 is 14.6 Å². The summed E-state index contributed by atoms with van der Waals surface area (Å²) in [5, 5.41) is 8.55. The molecule has 0 amide bonds. The third-order valence-electron chi connectivity index (χ3n) is 2.11. The van der Waals surface area contributed by atoms with Gasteiger partial charge in [0, 0.05) is 0 Å². The number of carboxylic acid groups (broad SMARTS) is 1. The summed E-state index contributed by atoms with van der Waals surface area (Å²) in [6, 6.07) is 0. The van der Waals surface area contributed by atoms with Gasteiger partial charge in [-0.05, 0) is 13.8 Å². The number of hydrogen-bond donors (Lipinski definition) is 1. The molecule has 0 aromatic heterocycles. The van der Waals surface area contributed by atoms with Crippen molar-refractivity contribution in [3.05, 3.63) is 0 Å². The third kappa shape index (κ3) is 6.47. The molecule has 0 spiro atoms. The van der Waals surface area contributed by atoms with E-state index in [0.29, 0.717) is 0 Å². The Balaban J connectivity index is 0.000000423. The molecule has 0 bridgehead atoms. The third-order valence-corrected chi connectivity index (χ3v) is 2.11. The van der Waals surface area contributed by atoms with Crippen LogP contribution in [0.4, 0.5) is 0 Å². The molecule has 0 aromatic rings. The van der Waals surface area contributed by atoms with Crippen molar-refractivity contribution in [2.45, 2.75) is 46.3 Å². The van der Waals surface area contributed by atoms with Gasteiger partial charge in [-0.1, -0.05) is 26.7 Å². The average molecular weight is 218 g/mol. The molecule has 4 nitrogen and oxygen atoms in total. The lowest BCUT2D eigenvalue weighted by molar-refractivity contribution is -0.261. The summed E-state index contributed by atoms with van der Waals surface area (Å²) in [6.07, 6.45) is 2.64. The molecule has 90 valence electrons. The summed E-state index contributed by atoms with van der Waals surface area (Å²) < 4.78 is 10.3. The maximum atomic E-state index is 10.4. The van der Waals surface area contributed by atoms with Crippen LogP contribution in [-0.4, -0.2) is 30.1 Å². The molecule has 1 rings (SSSR count). The van der Waals surface area contributed by atoms with Crippen LogP contribution in [0, 0.1) is 5.92 Å². The summed E-state index contributed by atoms with van der Waals surface area (Å²) >= 11 is 0. The van der Waals surface area contributed by atoms with Crippen LogP contribution in [0.25, 0.3) is 0 Å². The van der Waals surface area contributed by atoms with Crippen LogP contribution < -0.4 is 0 Å². The molecular formula is C11H22O4. The summed E-state index contributed by atoms with van der Waals surface area (Å²) in [4.78, 5) is 10.4. The quantitative estimate of drug-likeness (QED) is 0.772. The minimum Gasteiger partial charge on any atom is -0.481 e. The Morgan fingerprint density at radius 1 is 1.27 bits per heavy atom. The molecule has 1 fully saturated rings. The lowest BCUT2D eigenvalue weighted by Crippen LogP contribution is -2.41. The van der Waals surface area contributed by atoms with Crippen LogP contribution >= 0.6 is 0 Å². The molecule has 1 saturated heterocycles. The molecule has 1 aliphatic heterocycles. The van der Waals surface area contributed by atoms with Gasteiger partial charge in [-0.25, -0.2) is 0 Å². The molecule has 0 aromatic carbocycles. The maximum absolute atomic E-state index is 10.4. The Kier molecular flexibility index (Phi) is 6.52. The second kappa shape index (κ2) is 6.80. The minimum absolute atomic E-state index is 0.238. The zero-order chi connectivity index (χ0) is 11.9. The van der Waals surface area contributed by atoms with Crippen molar-refractivity contribution in [3.8, 4) is 0 Å². The molecular weight excluding hydrogens is 196 g/mol. The summed E-state index contributed by atoms with van der Waals surface area (Å²) in [6.45, 7) is 8.38. The Morgan fingerprint density at radius 2 is 1.67 bits per heavy atom. The molecule has 4 heteroatoms. The highest BCUT2D eigenvalue weighted by atomic mass is 16.7. The van der Waals surface area contributed by atoms with Gasteiger partial charge in [0.15, 0.2) is 5.79 Å². The maximum Gasteiger partial charge on any atom is 0.311 e. The molecule has 1 aliphatic rings. The monoisotopic (exact) mass is 218 g/mol. The first-order valence-corrected chi connectivity index (χ1v) is 5.43. The number of carbonyl (C=O) groups is 1. The summed E-state index contributed by atoms with van der Waals surface area (Å²) in [5.74, 6) is -1.99. The predicted octanol–water partition coefficient (Wildman–Crippen LogP) is 2.28. The molecule has 0 unspecified atom stereocenters. The number of unbranched alkanes of at least 4 members (excludes halogenated alkanes) is 1. The molecule has 15 heavy (non-hydrogen) atoms. The predicted molar refractivity (Wildman–Crippen MR) is 57.7 cm³/mol. The summed E-state index contributed by atoms with van der Waals surface area (Å²) in [5.41, 5.74) is 0. The average Bonchev–Trinajstić information content (AvgIpc) is 2.17. The smallest absolute Gasteiger partial charge is 0.311 e. The number of rotatable bonds is 2. The van der Waals surface area contributed by atoms with Crippen molar-refractivity contribution in [1.29, 1.82) is 0 Å². The highest BCUT2D eigenvalue weighted by molar-refractivity contribution is 5.70. The molecule has 0 saturated carbocycles. The van der Waals surface area contributed by atoms with Gasteiger partial charge >= 0.3 is 5.97 Å². The van der Waals surface area contributed by atoms with Crippen molar-refractivity contribution in [3.63, 3.8) is 0 Å². The van der Waals surface area contributed by atoms with Crippen LogP contribution in [-0.2, 0) is 14.3 Å². The lowest BCUT2D eigenvalue weighted by Gasteiger charge is -2.33. The van der Waals surface area contributed by atoms with E-state index in [1.807, 2.05) is 0 Å². The first-order valence-electron chi connectivity index (χ1n) is 5.43. The fourth-order valence-electron chi connectivity index (χ4n) is 0.835. The molecule has 1 N–H and O–H groups in total. The van der Waals surface area contributed by atoms with E-state index in [-0.39, 0.29) is 13.2 Å². The zero-order valence-corrected chi connectivity index (χ0v) is 10.1. The number of ether oxygens (including phenoxy) is 2. The Labute approximate surface area is 91.6 Å². The second-order valence-electron chi connectivity index (χ2n) is 4.06. The fraction of sp³-hybridized carbons (Fsp3) is 0.909. The first-order chi connectivity index (χ1) is 6.93. The normalized spacial score (nSPS) is 20.3. The topological polar surface area (TPSA) is 55.8 Å². The van der Waals surface area contributed by atoms with E-state index >= 15 is 0 Å². The Bertz CT molecular complexity index is 177. The van der Waals surface area contributed by atoms with Gasteiger partial charge in [0.2, 0.25) is 0 Å². The SMILES string of the molecule is CC1(C)OCC(C(=O)O)CO1.CCCC. The molecule has 1 heterocycles. The first kappa shape index (κ1) is 14.4. The highest BCUT2D eigenvalue weighted by Crippen LogP contribution is 2.20. The van der Waals surface area contributed by atoms with Crippen molar-refractivity contribution < 1.29 is 19.4 Å². The van der Waals surface area contributed by atoms with Gasteiger partial charge in [-0.15, -0.1) is 0 Å². The van der Waals surface area contributed by atoms with Crippen LogP contribution in [0.2, 0.25) is 0 Å². The number of hydrogen-bond acceptors (Lipinski definition) is 3. The van der Waals surface area contributed by atoms with Gasteiger partial charge in [-0.2, -0.15) is 0 Å². The number of aliphatic carboxylic acids is 1. The molecule has 0 atom stereocenters. The number of carboxylic acids is 1. The van der Waals surface area contributed by atoms with Gasteiger partial charge in [0.1, 0.15) is 5.92 Å². The molecule has 0 aliphatic carbocycles.